The number of hydrogen-bond acceptors (Lipinski definition) is 6. The van der Waals surface area contributed by atoms with E-state index in [-0.39, 0.29) is 35.4 Å². The van der Waals surface area contributed by atoms with Gasteiger partial charge < -0.3 is 0 Å². The lowest BCUT2D eigenvalue weighted by Gasteiger charge is -2.12. The fraction of sp³-hybridized carbons (Fsp3) is 0.250. The Bertz CT molecular complexity index is 1370. The highest BCUT2D eigenvalue weighted by atomic mass is 16.2. The molecule has 0 aliphatic carbocycles. The standard InChI is InChI=1S/3C10H7NO2.2C5H12/c3*12-9-6-7-10(13)11(9)8-4-2-1-3-5-8;2*1-3-5-4-2/h3*1-7H;2*3-5H2,1-2H3. The molecule has 49 heavy (non-hydrogen) atoms. The van der Waals surface area contributed by atoms with Crippen molar-refractivity contribution in [1.82, 2.24) is 0 Å². The van der Waals surface area contributed by atoms with Crippen molar-refractivity contribution in [2.75, 3.05) is 14.7 Å². The molecule has 0 unspecified atom stereocenters. The Labute approximate surface area is 289 Å². The van der Waals surface area contributed by atoms with Crippen LogP contribution in [0.25, 0.3) is 0 Å². The number of hydrogen-bond donors (Lipinski definition) is 0. The summed E-state index contributed by atoms with van der Waals surface area (Å²) in [7, 11) is 0. The fourth-order valence-corrected chi connectivity index (χ4v) is 4.40. The van der Waals surface area contributed by atoms with Gasteiger partial charge in [-0.25, -0.2) is 14.7 Å². The van der Waals surface area contributed by atoms with E-state index in [0.717, 1.165) is 14.7 Å². The first-order valence-corrected chi connectivity index (χ1v) is 16.5. The van der Waals surface area contributed by atoms with Crippen molar-refractivity contribution in [3.63, 3.8) is 0 Å². The summed E-state index contributed by atoms with van der Waals surface area (Å²) in [5.41, 5.74) is 1.84. The van der Waals surface area contributed by atoms with E-state index in [1.54, 1.807) is 72.8 Å². The molecule has 0 fully saturated rings. The monoisotopic (exact) mass is 663 g/mol. The summed E-state index contributed by atoms with van der Waals surface area (Å²) in [6.07, 6.45) is 15.8. The molecule has 256 valence electrons. The van der Waals surface area contributed by atoms with E-state index < -0.39 is 0 Å². The summed E-state index contributed by atoms with van der Waals surface area (Å²) in [5, 5.41) is 0. The smallest absolute Gasteiger partial charge is 0.258 e. The lowest BCUT2D eigenvalue weighted by molar-refractivity contribution is -0.121. The maximum Gasteiger partial charge on any atom is 0.258 e. The second-order valence-electron chi connectivity index (χ2n) is 10.7. The van der Waals surface area contributed by atoms with Crippen LogP contribution in [0.3, 0.4) is 0 Å². The van der Waals surface area contributed by atoms with Crippen LogP contribution in [-0.4, -0.2) is 35.4 Å². The van der Waals surface area contributed by atoms with Crippen LogP contribution in [0.2, 0.25) is 0 Å². The second-order valence-corrected chi connectivity index (χ2v) is 10.7. The predicted molar refractivity (Wildman–Crippen MR) is 195 cm³/mol. The Morgan fingerprint density at radius 3 is 0.653 bits per heavy atom. The van der Waals surface area contributed by atoms with Crippen molar-refractivity contribution >= 4 is 52.5 Å². The van der Waals surface area contributed by atoms with Crippen LogP contribution < -0.4 is 14.7 Å². The molecule has 0 spiro atoms. The van der Waals surface area contributed by atoms with Crippen LogP contribution in [0.15, 0.2) is 127 Å². The van der Waals surface area contributed by atoms with Gasteiger partial charge in [-0.3, -0.25) is 28.8 Å². The highest BCUT2D eigenvalue weighted by molar-refractivity contribution is 6.29. The molecule has 0 N–H and O–H groups in total. The quantitative estimate of drug-likeness (QED) is 0.239. The van der Waals surface area contributed by atoms with Gasteiger partial charge in [0, 0.05) is 36.5 Å². The first kappa shape index (κ1) is 39.5. The first-order chi connectivity index (χ1) is 23.7. The zero-order chi connectivity index (χ0) is 36.0. The SMILES string of the molecule is CCCCC.CCCCC.O=C1C=CC(=O)N1c1ccccc1.O=C1C=CC(=O)N1c1ccccc1.O=C1C=CC(=O)N1c1ccccc1. The van der Waals surface area contributed by atoms with E-state index >= 15 is 0 Å². The predicted octanol–water partition coefficient (Wildman–Crippen LogP) is 7.74. The minimum Gasteiger partial charge on any atom is -0.269 e. The summed E-state index contributed by atoms with van der Waals surface area (Å²) in [6.45, 7) is 8.85. The minimum atomic E-state index is -0.281. The molecule has 0 radical (unpaired) electrons. The van der Waals surface area contributed by atoms with Crippen LogP contribution >= 0.6 is 0 Å². The van der Waals surface area contributed by atoms with Crippen molar-refractivity contribution in [2.45, 2.75) is 66.2 Å². The van der Waals surface area contributed by atoms with E-state index in [1.807, 2.05) is 18.2 Å². The number of nitrogens with zero attached hydrogens (tertiary/aromatic N) is 3. The number of anilines is 3. The Kier molecular flexibility index (Phi) is 17.7. The van der Waals surface area contributed by atoms with Crippen LogP contribution in [0.4, 0.5) is 17.1 Å². The summed E-state index contributed by atoms with van der Waals surface area (Å²) in [6, 6.07) is 26.6. The third-order valence-corrected chi connectivity index (χ3v) is 6.89. The molecule has 9 heteroatoms. The number of unbranched alkanes of at least 4 members (excludes halogenated alkanes) is 4. The molecule has 6 amide bonds. The van der Waals surface area contributed by atoms with Gasteiger partial charge in [-0.1, -0.05) is 121 Å². The average molecular weight is 664 g/mol. The Morgan fingerprint density at radius 1 is 0.327 bits per heavy atom. The Balaban J connectivity index is 0.000000225. The van der Waals surface area contributed by atoms with Gasteiger partial charge in [0.1, 0.15) is 0 Å². The summed E-state index contributed by atoms with van der Waals surface area (Å²) >= 11 is 0. The third-order valence-electron chi connectivity index (χ3n) is 6.89. The van der Waals surface area contributed by atoms with Gasteiger partial charge in [-0.05, 0) is 36.4 Å². The molecule has 3 aliphatic heterocycles. The summed E-state index contributed by atoms with van der Waals surface area (Å²) < 4.78 is 0. The number of carbonyl (C=O) groups is 6. The van der Waals surface area contributed by atoms with Crippen molar-refractivity contribution in [3.05, 3.63) is 127 Å². The molecule has 3 aromatic rings. The molecular weight excluding hydrogens is 618 g/mol. The Hall–Kier alpha value is -5.70. The zero-order valence-corrected chi connectivity index (χ0v) is 28.7. The largest absolute Gasteiger partial charge is 0.269 e. The van der Waals surface area contributed by atoms with Crippen molar-refractivity contribution < 1.29 is 28.8 Å². The van der Waals surface area contributed by atoms with Gasteiger partial charge in [0.05, 0.1) is 17.1 Å². The molecule has 3 aromatic carbocycles. The van der Waals surface area contributed by atoms with Gasteiger partial charge >= 0.3 is 0 Å². The van der Waals surface area contributed by atoms with Crippen LogP contribution in [0.5, 0.6) is 0 Å². The molecule has 3 aliphatic rings. The molecule has 3 heterocycles. The maximum absolute atomic E-state index is 11.2. The molecule has 0 saturated carbocycles. The molecular formula is C40H45N3O6. The van der Waals surface area contributed by atoms with Gasteiger partial charge in [0.25, 0.3) is 35.4 Å². The minimum absolute atomic E-state index is 0.281. The zero-order valence-electron chi connectivity index (χ0n) is 28.7. The molecule has 9 nitrogen and oxygen atoms in total. The van der Waals surface area contributed by atoms with Crippen LogP contribution in [-0.2, 0) is 28.8 Å². The van der Waals surface area contributed by atoms with Gasteiger partial charge in [0.2, 0.25) is 0 Å². The number of carbonyl (C=O) groups excluding carboxylic acids is 6. The Morgan fingerprint density at radius 2 is 0.510 bits per heavy atom. The molecule has 0 bridgehead atoms. The number of imide groups is 3. The highest BCUT2D eigenvalue weighted by Gasteiger charge is 2.26. The van der Waals surface area contributed by atoms with Crippen LogP contribution in [0, 0.1) is 0 Å². The van der Waals surface area contributed by atoms with Crippen molar-refractivity contribution in [3.8, 4) is 0 Å². The molecule has 0 saturated heterocycles. The van der Waals surface area contributed by atoms with Gasteiger partial charge in [-0.2, -0.15) is 0 Å². The lowest BCUT2D eigenvalue weighted by Crippen LogP contribution is -2.29. The number of benzene rings is 3. The first-order valence-electron chi connectivity index (χ1n) is 16.5. The van der Waals surface area contributed by atoms with Gasteiger partial charge in [0.15, 0.2) is 0 Å². The van der Waals surface area contributed by atoms with E-state index in [2.05, 4.69) is 27.7 Å². The number of amides is 6. The summed E-state index contributed by atoms with van der Waals surface area (Å²) in [5.74, 6) is -1.69. The maximum atomic E-state index is 11.2. The van der Waals surface area contributed by atoms with E-state index in [9.17, 15) is 28.8 Å². The van der Waals surface area contributed by atoms with E-state index in [4.69, 9.17) is 0 Å². The fourth-order valence-electron chi connectivity index (χ4n) is 4.40. The highest BCUT2D eigenvalue weighted by Crippen LogP contribution is 2.19. The van der Waals surface area contributed by atoms with E-state index in [0.29, 0.717) is 17.1 Å². The lowest BCUT2D eigenvalue weighted by atomic mass is 10.3. The molecule has 0 atom stereocenters. The van der Waals surface area contributed by atoms with Gasteiger partial charge in [-0.15, -0.1) is 0 Å². The van der Waals surface area contributed by atoms with Crippen molar-refractivity contribution in [2.24, 2.45) is 0 Å². The number of para-hydroxylation sites is 3. The molecule has 6 rings (SSSR count). The second kappa shape index (κ2) is 22.0. The number of rotatable bonds is 7. The average Bonchev–Trinajstić information content (AvgIpc) is 3.77. The topological polar surface area (TPSA) is 112 Å². The van der Waals surface area contributed by atoms with Crippen molar-refractivity contribution in [1.29, 1.82) is 0 Å². The third kappa shape index (κ3) is 12.8. The van der Waals surface area contributed by atoms with E-state index in [1.165, 1.54) is 75.0 Å². The van der Waals surface area contributed by atoms with Crippen LogP contribution in [0.1, 0.15) is 66.2 Å². The normalized spacial score (nSPS) is 14.1. The summed E-state index contributed by atoms with van der Waals surface area (Å²) in [4.78, 5) is 70.6. The molecule has 0 aromatic heterocycles.